The molecule has 0 spiro atoms. The normalized spacial score (nSPS) is 44.7. The molecule has 11 heavy (non-hydrogen) atoms. The van der Waals surface area contributed by atoms with Crippen LogP contribution in [0.1, 0.15) is 38.2 Å². The molecule has 0 bridgehead atoms. The van der Waals surface area contributed by atoms with E-state index >= 15 is 0 Å². The molecule has 1 heteroatoms. The Morgan fingerprint density at radius 3 is 2.91 bits per heavy atom. The minimum Gasteiger partial charge on any atom is -0.316 e. The van der Waals surface area contributed by atoms with Crippen LogP contribution in [0.25, 0.3) is 0 Å². The second-order valence-corrected chi connectivity index (χ2v) is 4.40. The lowest BCUT2D eigenvalue weighted by Gasteiger charge is -2.37. The molecule has 1 rings (SSSR count). The first kappa shape index (κ1) is 5.58. The van der Waals surface area contributed by atoms with Gasteiger partial charge in [0.15, 0.2) is 0 Å². The van der Waals surface area contributed by atoms with Crippen LogP contribution in [-0.2, 0) is 0 Å². The van der Waals surface area contributed by atoms with Crippen LogP contribution in [-0.4, -0.2) is 13.1 Å². The number of piperidine rings is 1. The standard InChI is InChI=1S/C10H21N/c1-8(2)9-5-10(3,4)7-11-6-9/h8-9,11H,5-7H2,1-4H3/i3D3. The highest BCUT2D eigenvalue weighted by atomic mass is 14.9. The molecule has 0 radical (unpaired) electrons. The Morgan fingerprint density at radius 1 is 1.64 bits per heavy atom. The third kappa shape index (κ3) is 2.48. The van der Waals surface area contributed by atoms with Gasteiger partial charge in [0.05, 0.1) is 0 Å². The largest absolute Gasteiger partial charge is 0.316 e. The molecule has 1 fully saturated rings. The summed E-state index contributed by atoms with van der Waals surface area (Å²) in [6.07, 6.45) is 0.814. The molecule has 1 heterocycles. The van der Waals surface area contributed by atoms with Gasteiger partial charge in [-0.2, -0.15) is 0 Å². The number of nitrogens with one attached hydrogen (secondary N) is 1. The summed E-state index contributed by atoms with van der Waals surface area (Å²) in [6.45, 7) is 5.94. The molecule has 0 amide bonds. The van der Waals surface area contributed by atoms with Crippen LogP contribution >= 0.6 is 0 Å². The molecule has 2 atom stereocenters. The quantitative estimate of drug-likeness (QED) is 0.617. The van der Waals surface area contributed by atoms with Crippen LogP contribution in [0.4, 0.5) is 0 Å². The molecule has 1 saturated heterocycles. The summed E-state index contributed by atoms with van der Waals surface area (Å²) in [4.78, 5) is 0. The molecule has 0 aromatic carbocycles. The van der Waals surface area contributed by atoms with Crippen LogP contribution in [0.5, 0.6) is 0 Å². The van der Waals surface area contributed by atoms with E-state index in [1.54, 1.807) is 0 Å². The Hall–Kier alpha value is -0.0400. The zero-order chi connectivity index (χ0) is 11.0. The summed E-state index contributed by atoms with van der Waals surface area (Å²) >= 11 is 0. The van der Waals surface area contributed by atoms with Gasteiger partial charge in [-0.1, -0.05) is 27.6 Å². The van der Waals surface area contributed by atoms with Gasteiger partial charge in [-0.25, -0.2) is 0 Å². The fourth-order valence-corrected chi connectivity index (χ4v) is 1.73. The van der Waals surface area contributed by atoms with Gasteiger partial charge >= 0.3 is 0 Å². The molecule has 0 aliphatic carbocycles. The Bertz CT molecular complexity index is 200. The maximum absolute atomic E-state index is 7.55. The predicted octanol–water partition coefficient (Wildman–Crippen LogP) is 2.28. The Balaban J connectivity index is 2.72. The van der Waals surface area contributed by atoms with Gasteiger partial charge in [0, 0.05) is 10.7 Å². The number of rotatable bonds is 1. The van der Waals surface area contributed by atoms with Gasteiger partial charge in [0.2, 0.25) is 0 Å². The lowest BCUT2D eigenvalue weighted by molar-refractivity contribution is 0.165. The van der Waals surface area contributed by atoms with E-state index in [1.807, 2.05) is 6.92 Å². The fourth-order valence-electron chi connectivity index (χ4n) is 1.73. The monoisotopic (exact) mass is 158 g/mol. The van der Waals surface area contributed by atoms with Crippen LogP contribution in [0.15, 0.2) is 0 Å². The number of hydrogen-bond acceptors (Lipinski definition) is 1. The van der Waals surface area contributed by atoms with E-state index < -0.39 is 12.3 Å². The summed E-state index contributed by atoms with van der Waals surface area (Å²) in [5, 5.41) is 3.25. The van der Waals surface area contributed by atoms with Crippen molar-refractivity contribution in [2.45, 2.75) is 34.0 Å². The number of hydrogen-bond donors (Lipinski definition) is 1. The minimum absolute atomic E-state index is 0.495. The van der Waals surface area contributed by atoms with E-state index in [9.17, 15) is 0 Å². The molecule has 1 aliphatic rings. The summed E-state index contributed by atoms with van der Waals surface area (Å²) in [5.74, 6) is 1.05. The average molecular weight is 158 g/mol. The van der Waals surface area contributed by atoms with Crippen molar-refractivity contribution in [2.24, 2.45) is 17.3 Å². The molecule has 0 aromatic rings. The Labute approximate surface area is 74.8 Å². The molecular formula is C10H21N. The van der Waals surface area contributed by atoms with Crippen LogP contribution in [0.3, 0.4) is 0 Å². The first-order valence-corrected chi connectivity index (χ1v) is 4.47. The second kappa shape index (κ2) is 3.14. The smallest absolute Gasteiger partial charge is 0.0236 e. The molecule has 1 nitrogen and oxygen atoms in total. The van der Waals surface area contributed by atoms with Gasteiger partial charge in [-0.05, 0) is 30.2 Å². The van der Waals surface area contributed by atoms with E-state index in [-0.39, 0.29) is 0 Å². The zero-order valence-electron chi connectivity index (χ0n) is 10.8. The topological polar surface area (TPSA) is 12.0 Å². The van der Waals surface area contributed by atoms with Crippen LogP contribution in [0.2, 0.25) is 0 Å². The third-order valence-corrected chi connectivity index (χ3v) is 2.58. The van der Waals surface area contributed by atoms with E-state index in [4.69, 9.17) is 4.11 Å². The fraction of sp³-hybridized carbons (Fsp3) is 1.00. The zero-order valence-corrected chi connectivity index (χ0v) is 7.78. The van der Waals surface area contributed by atoms with Crippen molar-refractivity contribution in [1.29, 1.82) is 0 Å². The molecule has 1 aliphatic heterocycles. The van der Waals surface area contributed by atoms with Crippen molar-refractivity contribution in [3.63, 3.8) is 0 Å². The van der Waals surface area contributed by atoms with Gasteiger partial charge in [-0.3, -0.25) is 0 Å². The summed E-state index contributed by atoms with van der Waals surface area (Å²) in [7, 11) is 0. The molecule has 1 N–H and O–H groups in total. The summed E-state index contributed by atoms with van der Waals surface area (Å²) < 4.78 is 22.6. The van der Waals surface area contributed by atoms with Crippen molar-refractivity contribution >= 4 is 0 Å². The van der Waals surface area contributed by atoms with Crippen molar-refractivity contribution < 1.29 is 4.11 Å². The lowest BCUT2D eigenvalue weighted by atomic mass is 9.75. The Morgan fingerprint density at radius 2 is 2.36 bits per heavy atom. The molecule has 2 unspecified atom stereocenters. The first-order valence-electron chi connectivity index (χ1n) is 5.97. The highest BCUT2D eigenvalue weighted by Crippen LogP contribution is 2.31. The minimum atomic E-state index is -1.84. The highest BCUT2D eigenvalue weighted by molar-refractivity contribution is 4.83. The Kier molecular flexibility index (Phi) is 1.59. The summed E-state index contributed by atoms with van der Waals surface area (Å²) in [6, 6.07) is 0. The molecular weight excluding hydrogens is 134 g/mol. The molecule has 66 valence electrons. The van der Waals surface area contributed by atoms with E-state index in [1.165, 1.54) is 0 Å². The van der Waals surface area contributed by atoms with E-state index in [2.05, 4.69) is 19.2 Å². The third-order valence-electron chi connectivity index (χ3n) is 2.58. The van der Waals surface area contributed by atoms with Gasteiger partial charge in [-0.15, -0.1) is 0 Å². The average Bonchev–Trinajstić information content (AvgIpc) is 2.02. The van der Waals surface area contributed by atoms with Crippen LogP contribution < -0.4 is 5.32 Å². The van der Waals surface area contributed by atoms with Crippen molar-refractivity contribution in [3.8, 4) is 0 Å². The predicted molar refractivity (Wildman–Crippen MR) is 49.6 cm³/mol. The second-order valence-electron chi connectivity index (χ2n) is 4.40. The maximum atomic E-state index is 7.55. The molecule has 0 saturated carbocycles. The SMILES string of the molecule is [2H]C([2H])([2H])C1(C)CNCC(C(C)C)C1. The molecule has 0 aromatic heterocycles. The van der Waals surface area contributed by atoms with Crippen molar-refractivity contribution in [3.05, 3.63) is 0 Å². The van der Waals surface area contributed by atoms with E-state index in [0.717, 1.165) is 13.0 Å². The van der Waals surface area contributed by atoms with Crippen molar-refractivity contribution in [1.82, 2.24) is 5.32 Å². The summed E-state index contributed by atoms with van der Waals surface area (Å²) in [5.41, 5.74) is -0.541. The van der Waals surface area contributed by atoms with Crippen LogP contribution in [0, 0.1) is 17.3 Å². The van der Waals surface area contributed by atoms with Crippen molar-refractivity contribution in [2.75, 3.05) is 13.1 Å². The van der Waals surface area contributed by atoms with Gasteiger partial charge in [0.1, 0.15) is 0 Å². The lowest BCUT2D eigenvalue weighted by Crippen LogP contribution is -2.42. The van der Waals surface area contributed by atoms with Gasteiger partial charge < -0.3 is 5.32 Å². The maximum Gasteiger partial charge on any atom is 0.0236 e. The first-order chi connectivity index (χ1) is 6.26. The van der Waals surface area contributed by atoms with E-state index in [0.29, 0.717) is 18.4 Å². The van der Waals surface area contributed by atoms with Gasteiger partial charge in [0.25, 0.3) is 0 Å². The highest BCUT2D eigenvalue weighted by Gasteiger charge is 2.28.